The highest BCUT2D eigenvalue weighted by molar-refractivity contribution is 7.17. The van der Waals surface area contributed by atoms with Crippen molar-refractivity contribution >= 4 is 27.5 Å². The van der Waals surface area contributed by atoms with E-state index in [2.05, 4.69) is 4.98 Å². The summed E-state index contributed by atoms with van der Waals surface area (Å²) in [5.74, 6) is 0.840. The number of rotatable bonds is 6. The number of thiophene rings is 1. The van der Waals surface area contributed by atoms with Crippen molar-refractivity contribution in [2.24, 2.45) is 0 Å². The molecule has 1 aliphatic rings. The number of ether oxygens (including phenoxy) is 2. The smallest absolute Gasteiger partial charge is 0.263 e. The molecule has 0 N–H and O–H groups in total. The molecule has 180 valence electrons. The third-order valence-electron chi connectivity index (χ3n) is 6.39. The summed E-state index contributed by atoms with van der Waals surface area (Å²) in [6.07, 6.45) is 3.09. The first kappa shape index (κ1) is 23.0. The molecule has 3 heterocycles. The second-order valence-corrected chi connectivity index (χ2v) is 9.23. The Kier molecular flexibility index (Phi) is 6.25. The summed E-state index contributed by atoms with van der Waals surface area (Å²) in [5, 5.41) is 2.27. The van der Waals surface area contributed by atoms with E-state index < -0.39 is 0 Å². The van der Waals surface area contributed by atoms with Crippen LogP contribution in [0.5, 0.6) is 11.5 Å². The maximum Gasteiger partial charge on any atom is 0.263 e. The molecule has 5 rings (SSSR count). The normalized spacial score (nSPS) is 15.5. The number of carbonyl (C=O) groups is 1. The molecule has 7 nitrogen and oxygen atoms in total. The zero-order chi connectivity index (χ0) is 24.5. The molecule has 0 saturated carbocycles. The van der Waals surface area contributed by atoms with Gasteiger partial charge in [-0.1, -0.05) is 12.1 Å². The number of methoxy groups -OCH3 is 2. The number of carbonyl (C=O) groups excluding carboxylic acids is 1. The lowest BCUT2D eigenvalue weighted by Crippen LogP contribution is -2.36. The van der Waals surface area contributed by atoms with Crippen molar-refractivity contribution in [2.75, 3.05) is 20.8 Å². The van der Waals surface area contributed by atoms with Gasteiger partial charge in [0.1, 0.15) is 28.7 Å². The van der Waals surface area contributed by atoms with Gasteiger partial charge in [-0.25, -0.2) is 9.37 Å². The molecular formula is C26H24FN3O4S. The van der Waals surface area contributed by atoms with Gasteiger partial charge in [-0.15, -0.1) is 11.3 Å². The van der Waals surface area contributed by atoms with Crippen LogP contribution >= 0.6 is 11.3 Å². The monoisotopic (exact) mass is 493 g/mol. The van der Waals surface area contributed by atoms with Crippen LogP contribution in [0.2, 0.25) is 0 Å². The van der Waals surface area contributed by atoms with Gasteiger partial charge >= 0.3 is 0 Å². The molecule has 0 spiro atoms. The van der Waals surface area contributed by atoms with Crippen molar-refractivity contribution in [3.05, 3.63) is 75.9 Å². The molecule has 0 aliphatic carbocycles. The summed E-state index contributed by atoms with van der Waals surface area (Å²) >= 11 is 1.35. The van der Waals surface area contributed by atoms with Gasteiger partial charge in [0, 0.05) is 29.1 Å². The van der Waals surface area contributed by atoms with E-state index in [-0.39, 0.29) is 29.9 Å². The molecule has 9 heteroatoms. The average Bonchev–Trinajstić information content (AvgIpc) is 3.54. The van der Waals surface area contributed by atoms with Crippen LogP contribution in [0.25, 0.3) is 21.3 Å². The van der Waals surface area contributed by atoms with Gasteiger partial charge in [-0.2, -0.15) is 0 Å². The molecule has 2 aromatic heterocycles. The van der Waals surface area contributed by atoms with Crippen LogP contribution in [0.1, 0.15) is 24.4 Å². The van der Waals surface area contributed by atoms with E-state index >= 15 is 0 Å². The van der Waals surface area contributed by atoms with E-state index in [0.717, 1.165) is 24.0 Å². The average molecular weight is 494 g/mol. The third-order valence-corrected chi connectivity index (χ3v) is 7.28. The van der Waals surface area contributed by atoms with Crippen LogP contribution in [-0.4, -0.2) is 41.1 Å². The lowest BCUT2D eigenvalue weighted by atomic mass is 10.0. The van der Waals surface area contributed by atoms with Crippen molar-refractivity contribution < 1.29 is 18.7 Å². The fraction of sp³-hybridized carbons (Fsp3) is 0.269. The summed E-state index contributed by atoms with van der Waals surface area (Å²) in [5.41, 5.74) is 2.04. The number of halogens is 1. The first-order valence-corrected chi connectivity index (χ1v) is 12.1. The Morgan fingerprint density at radius 1 is 1.17 bits per heavy atom. The van der Waals surface area contributed by atoms with Crippen LogP contribution in [0.15, 0.2) is 59.0 Å². The highest BCUT2D eigenvalue weighted by Gasteiger charge is 2.32. The number of fused-ring (bicyclic) bond motifs is 1. The number of nitrogens with zero attached hydrogens (tertiary/aromatic N) is 3. The number of benzene rings is 2. The van der Waals surface area contributed by atoms with Gasteiger partial charge in [0.15, 0.2) is 0 Å². The Bertz CT molecular complexity index is 1450. The number of hydrogen-bond donors (Lipinski definition) is 0. The molecule has 1 amide bonds. The quantitative estimate of drug-likeness (QED) is 0.391. The summed E-state index contributed by atoms with van der Waals surface area (Å²) < 4.78 is 25.6. The topological polar surface area (TPSA) is 73.7 Å². The Morgan fingerprint density at radius 3 is 2.71 bits per heavy atom. The highest BCUT2D eigenvalue weighted by atomic mass is 32.1. The molecule has 0 radical (unpaired) electrons. The molecule has 1 aliphatic heterocycles. The lowest BCUT2D eigenvalue weighted by Gasteiger charge is -2.27. The third kappa shape index (κ3) is 4.27. The maximum absolute atomic E-state index is 13.4. The molecular weight excluding hydrogens is 469 g/mol. The maximum atomic E-state index is 13.4. The van der Waals surface area contributed by atoms with Gasteiger partial charge in [-0.05, 0) is 42.7 Å². The molecule has 0 bridgehead atoms. The van der Waals surface area contributed by atoms with Crippen LogP contribution in [0.4, 0.5) is 4.39 Å². The minimum Gasteiger partial charge on any atom is -0.497 e. The van der Waals surface area contributed by atoms with E-state index in [1.165, 1.54) is 34.4 Å². The minimum absolute atomic E-state index is 0.116. The largest absolute Gasteiger partial charge is 0.497 e. The van der Waals surface area contributed by atoms with Crippen molar-refractivity contribution in [2.45, 2.75) is 25.4 Å². The molecule has 1 fully saturated rings. The lowest BCUT2D eigenvalue weighted by molar-refractivity contribution is -0.132. The van der Waals surface area contributed by atoms with Crippen molar-refractivity contribution in [3.8, 4) is 22.6 Å². The Balaban J connectivity index is 1.45. The molecule has 1 atom stereocenters. The Morgan fingerprint density at radius 2 is 1.97 bits per heavy atom. The van der Waals surface area contributed by atoms with E-state index in [4.69, 9.17) is 9.47 Å². The first-order valence-electron chi connectivity index (χ1n) is 11.2. The second kappa shape index (κ2) is 9.50. The predicted molar refractivity (Wildman–Crippen MR) is 133 cm³/mol. The van der Waals surface area contributed by atoms with Crippen LogP contribution in [0, 0.1) is 5.82 Å². The Labute approximate surface area is 205 Å². The van der Waals surface area contributed by atoms with Crippen molar-refractivity contribution in [1.82, 2.24) is 14.5 Å². The number of aromatic nitrogens is 2. The fourth-order valence-electron chi connectivity index (χ4n) is 4.64. The van der Waals surface area contributed by atoms with E-state index in [1.807, 2.05) is 23.6 Å². The van der Waals surface area contributed by atoms with E-state index in [9.17, 15) is 14.0 Å². The molecule has 35 heavy (non-hydrogen) atoms. The highest BCUT2D eigenvalue weighted by Crippen LogP contribution is 2.39. The standard InChI is InChI=1S/C26H24FN3O4S/c1-33-18-9-10-19(22(12-18)34-2)21-4-3-11-30(21)23(31)13-29-15-28-25-24(26(29)32)20(14-35-25)16-5-7-17(27)8-6-16/h5-10,12,14-15,21H,3-4,11,13H2,1-2H3/t21-/m0/s1. The van der Waals surface area contributed by atoms with Gasteiger partial charge in [0.25, 0.3) is 5.56 Å². The number of hydrogen-bond acceptors (Lipinski definition) is 6. The van der Waals surface area contributed by atoms with Crippen LogP contribution in [0.3, 0.4) is 0 Å². The van der Waals surface area contributed by atoms with E-state index in [1.54, 1.807) is 31.3 Å². The number of likely N-dealkylation sites (tertiary alicyclic amines) is 1. The zero-order valence-corrected chi connectivity index (χ0v) is 20.2. The predicted octanol–water partition coefficient (Wildman–Crippen LogP) is 4.65. The summed E-state index contributed by atoms with van der Waals surface area (Å²) in [4.78, 5) is 33.5. The molecule has 4 aromatic rings. The number of amides is 1. The SMILES string of the molecule is COc1ccc([C@@H]2CCCN2C(=O)Cn2cnc3scc(-c4ccc(F)cc4)c3c2=O)c(OC)c1. The van der Waals surface area contributed by atoms with E-state index in [0.29, 0.717) is 33.8 Å². The zero-order valence-electron chi connectivity index (χ0n) is 19.4. The Hall–Kier alpha value is -3.72. The van der Waals surface area contributed by atoms with Gasteiger partial charge in [0.05, 0.1) is 32.0 Å². The minimum atomic E-state index is -0.344. The van der Waals surface area contributed by atoms with Crippen LogP contribution < -0.4 is 15.0 Å². The van der Waals surface area contributed by atoms with Crippen molar-refractivity contribution in [1.29, 1.82) is 0 Å². The van der Waals surface area contributed by atoms with Crippen LogP contribution in [-0.2, 0) is 11.3 Å². The molecule has 1 saturated heterocycles. The summed E-state index contributed by atoms with van der Waals surface area (Å²) in [6, 6.07) is 11.4. The first-order chi connectivity index (χ1) is 17.0. The molecule has 0 unspecified atom stereocenters. The van der Waals surface area contributed by atoms with Gasteiger partial charge in [0.2, 0.25) is 5.91 Å². The van der Waals surface area contributed by atoms with Gasteiger partial charge < -0.3 is 14.4 Å². The molecule has 2 aromatic carbocycles. The summed E-state index contributed by atoms with van der Waals surface area (Å²) in [6.45, 7) is 0.484. The second-order valence-electron chi connectivity index (χ2n) is 8.37. The fourth-order valence-corrected chi connectivity index (χ4v) is 5.55. The van der Waals surface area contributed by atoms with Gasteiger partial charge in [-0.3, -0.25) is 14.2 Å². The summed E-state index contributed by atoms with van der Waals surface area (Å²) in [7, 11) is 3.19. The van der Waals surface area contributed by atoms with Crippen molar-refractivity contribution in [3.63, 3.8) is 0 Å².